The van der Waals surface area contributed by atoms with Crippen LogP contribution < -0.4 is 19.9 Å². The lowest BCUT2D eigenvalue weighted by atomic mass is 10.0. The summed E-state index contributed by atoms with van der Waals surface area (Å²) in [6.45, 7) is 10.9. The number of carbonyl (C=O) groups excluding carboxylic acids is 1. The molecule has 9 heteroatoms. The number of hydrogen-bond acceptors (Lipinski definition) is 8. The van der Waals surface area contributed by atoms with E-state index in [-0.39, 0.29) is 11.4 Å². The summed E-state index contributed by atoms with van der Waals surface area (Å²) in [5, 5.41) is 0. The standard InChI is InChI=1S/C34H37N3O6/c1-8-43-24(4)27-17-22(2)31(23(3)18-27)37-21-35-32(30(33(37)38)34(39)42-7)36(19-25-9-13-28(40-5)14-10-25)20-26-11-15-29(41-6)16-12-26/h9-18,21H,4,8,19-20H2,1-3,5-7H3. The molecule has 0 saturated carbocycles. The number of methoxy groups -OCH3 is 3. The van der Waals surface area contributed by atoms with Gasteiger partial charge in [0.1, 0.15) is 23.6 Å². The van der Waals surface area contributed by atoms with Crippen LogP contribution in [0.1, 0.15) is 45.1 Å². The first-order valence-electron chi connectivity index (χ1n) is 13.8. The van der Waals surface area contributed by atoms with Crippen LogP contribution in [-0.2, 0) is 22.6 Å². The Hall–Kier alpha value is -5.05. The van der Waals surface area contributed by atoms with Crippen molar-refractivity contribution in [3.63, 3.8) is 0 Å². The minimum absolute atomic E-state index is 0.159. The predicted octanol–water partition coefficient (Wildman–Crippen LogP) is 5.87. The lowest BCUT2D eigenvalue weighted by Gasteiger charge is -2.26. The highest BCUT2D eigenvalue weighted by Crippen LogP contribution is 2.27. The molecule has 1 heterocycles. The van der Waals surface area contributed by atoms with Gasteiger partial charge in [-0.25, -0.2) is 9.78 Å². The molecule has 0 aliphatic heterocycles. The number of esters is 1. The molecular weight excluding hydrogens is 546 g/mol. The molecule has 0 amide bonds. The van der Waals surface area contributed by atoms with Crippen LogP contribution in [0, 0.1) is 13.8 Å². The number of benzene rings is 3. The summed E-state index contributed by atoms with van der Waals surface area (Å²) >= 11 is 0. The Bertz CT molecular complexity index is 1590. The molecule has 0 aliphatic carbocycles. The summed E-state index contributed by atoms with van der Waals surface area (Å²) in [6, 6.07) is 19.0. The molecule has 9 nitrogen and oxygen atoms in total. The van der Waals surface area contributed by atoms with Crippen molar-refractivity contribution in [3.8, 4) is 17.2 Å². The number of rotatable bonds is 12. The highest BCUT2D eigenvalue weighted by Gasteiger charge is 2.26. The first kappa shape index (κ1) is 30.9. The molecule has 0 aliphatic rings. The summed E-state index contributed by atoms with van der Waals surface area (Å²) in [6.07, 6.45) is 1.46. The van der Waals surface area contributed by atoms with Crippen molar-refractivity contribution < 1.29 is 23.7 Å². The van der Waals surface area contributed by atoms with E-state index < -0.39 is 11.5 Å². The molecule has 43 heavy (non-hydrogen) atoms. The molecule has 4 rings (SSSR count). The summed E-state index contributed by atoms with van der Waals surface area (Å²) < 4.78 is 22.7. The Labute approximate surface area is 251 Å². The minimum atomic E-state index is -0.770. The third kappa shape index (κ3) is 6.89. The number of carbonyl (C=O) groups is 1. The van der Waals surface area contributed by atoms with Crippen molar-refractivity contribution >= 4 is 17.5 Å². The monoisotopic (exact) mass is 583 g/mol. The largest absolute Gasteiger partial charge is 0.497 e. The van der Waals surface area contributed by atoms with E-state index in [1.807, 2.05) is 86.3 Å². The molecule has 1 aromatic heterocycles. The van der Waals surface area contributed by atoms with E-state index in [0.717, 1.165) is 39.3 Å². The molecular formula is C34H37N3O6. The quantitative estimate of drug-likeness (QED) is 0.151. The average molecular weight is 584 g/mol. The van der Waals surface area contributed by atoms with Crippen LogP contribution in [0.25, 0.3) is 11.4 Å². The van der Waals surface area contributed by atoms with Gasteiger partial charge in [0.2, 0.25) is 0 Å². The predicted molar refractivity (Wildman–Crippen MR) is 167 cm³/mol. The first-order valence-corrected chi connectivity index (χ1v) is 13.8. The molecule has 0 saturated heterocycles. The molecule has 0 spiro atoms. The highest BCUT2D eigenvalue weighted by molar-refractivity contribution is 5.94. The van der Waals surface area contributed by atoms with Gasteiger partial charge in [0.25, 0.3) is 5.56 Å². The van der Waals surface area contributed by atoms with E-state index in [4.69, 9.17) is 23.9 Å². The Morgan fingerprint density at radius 2 is 1.40 bits per heavy atom. The fourth-order valence-corrected chi connectivity index (χ4v) is 4.99. The Morgan fingerprint density at radius 3 is 1.84 bits per heavy atom. The van der Waals surface area contributed by atoms with Crippen LogP contribution in [0.3, 0.4) is 0 Å². The van der Waals surface area contributed by atoms with Gasteiger partial charge in [-0.1, -0.05) is 30.8 Å². The van der Waals surface area contributed by atoms with E-state index in [9.17, 15) is 9.59 Å². The molecule has 0 radical (unpaired) electrons. The minimum Gasteiger partial charge on any atom is -0.497 e. The van der Waals surface area contributed by atoms with Crippen LogP contribution in [0.15, 0.2) is 78.4 Å². The maximum Gasteiger partial charge on any atom is 0.347 e. The third-order valence-electron chi connectivity index (χ3n) is 7.08. The topological polar surface area (TPSA) is 92.1 Å². The van der Waals surface area contributed by atoms with Gasteiger partial charge in [0.05, 0.1) is 33.6 Å². The molecule has 0 bridgehead atoms. The van der Waals surface area contributed by atoms with Crippen molar-refractivity contribution in [2.45, 2.75) is 33.9 Å². The van der Waals surface area contributed by atoms with Gasteiger partial charge in [-0.3, -0.25) is 9.36 Å². The van der Waals surface area contributed by atoms with Gasteiger partial charge in [-0.05, 0) is 79.4 Å². The normalized spacial score (nSPS) is 10.7. The Morgan fingerprint density at radius 1 is 0.884 bits per heavy atom. The van der Waals surface area contributed by atoms with Gasteiger partial charge in [-0.2, -0.15) is 0 Å². The molecule has 224 valence electrons. The molecule has 4 aromatic rings. The van der Waals surface area contributed by atoms with Crippen molar-refractivity contribution in [2.75, 3.05) is 32.8 Å². The number of hydrogen-bond donors (Lipinski definition) is 0. The maximum absolute atomic E-state index is 14.1. The molecule has 0 fully saturated rings. The SMILES string of the molecule is C=C(OCC)c1cc(C)c(-n2cnc(N(Cc3ccc(OC)cc3)Cc3ccc(OC)cc3)c(C(=O)OC)c2=O)c(C)c1. The van der Waals surface area contributed by atoms with Gasteiger partial charge in [-0.15, -0.1) is 0 Å². The van der Waals surface area contributed by atoms with Gasteiger partial charge in [0.15, 0.2) is 11.4 Å². The number of anilines is 1. The summed E-state index contributed by atoms with van der Waals surface area (Å²) in [5.41, 5.74) is 4.23. The van der Waals surface area contributed by atoms with Crippen molar-refractivity contribution in [1.82, 2.24) is 9.55 Å². The summed E-state index contributed by atoms with van der Waals surface area (Å²) in [4.78, 5) is 33.9. The van der Waals surface area contributed by atoms with Crippen molar-refractivity contribution in [1.29, 1.82) is 0 Å². The fraction of sp³-hybridized carbons (Fsp3) is 0.265. The zero-order valence-electron chi connectivity index (χ0n) is 25.5. The lowest BCUT2D eigenvalue weighted by molar-refractivity contribution is 0.0598. The number of aromatic nitrogens is 2. The molecule has 0 N–H and O–H groups in total. The van der Waals surface area contributed by atoms with Crippen LogP contribution in [0.5, 0.6) is 11.5 Å². The average Bonchev–Trinajstić information content (AvgIpc) is 3.01. The molecule has 0 atom stereocenters. The zero-order valence-corrected chi connectivity index (χ0v) is 25.5. The van der Waals surface area contributed by atoms with Crippen molar-refractivity contribution in [2.24, 2.45) is 0 Å². The van der Waals surface area contributed by atoms with E-state index in [0.29, 0.717) is 31.1 Å². The van der Waals surface area contributed by atoms with E-state index in [1.54, 1.807) is 14.2 Å². The third-order valence-corrected chi connectivity index (χ3v) is 7.08. The zero-order chi connectivity index (χ0) is 31.1. The number of aryl methyl sites for hydroxylation is 2. The Balaban J connectivity index is 1.85. The van der Waals surface area contributed by atoms with Crippen LogP contribution >= 0.6 is 0 Å². The van der Waals surface area contributed by atoms with Gasteiger partial charge in [0, 0.05) is 18.7 Å². The molecule has 0 unspecified atom stereocenters. The lowest BCUT2D eigenvalue weighted by Crippen LogP contribution is -2.33. The smallest absolute Gasteiger partial charge is 0.347 e. The Kier molecular flexibility index (Phi) is 9.87. The second-order valence-electron chi connectivity index (χ2n) is 9.98. The maximum atomic E-state index is 14.1. The van der Waals surface area contributed by atoms with E-state index >= 15 is 0 Å². The second kappa shape index (κ2) is 13.7. The molecule has 3 aromatic carbocycles. The van der Waals surface area contributed by atoms with E-state index in [1.165, 1.54) is 18.0 Å². The van der Waals surface area contributed by atoms with Crippen LogP contribution in [0.2, 0.25) is 0 Å². The van der Waals surface area contributed by atoms with Crippen LogP contribution in [0.4, 0.5) is 5.82 Å². The summed E-state index contributed by atoms with van der Waals surface area (Å²) in [5.74, 6) is 1.44. The second-order valence-corrected chi connectivity index (χ2v) is 9.98. The van der Waals surface area contributed by atoms with Crippen molar-refractivity contribution in [3.05, 3.63) is 117 Å². The van der Waals surface area contributed by atoms with Gasteiger partial charge < -0.3 is 23.8 Å². The van der Waals surface area contributed by atoms with E-state index in [2.05, 4.69) is 6.58 Å². The highest BCUT2D eigenvalue weighted by atomic mass is 16.5. The number of ether oxygens (including phenoxy) is 4. The first-order chi connectivity index (χ1) is 20.7. The summed E-state index contributed by atoms with van der Waals surface area (Å²) in [7, 11) is 4.47. The number of nitrogens with zero attached hydrogens (tertiary/aromatic N) is 3. The van der Waals surface area contributed by atoms with Crippen LogP contribution in [-0.4, -0.2) is 43.5 Å². The van der Waals surface area contributed by atoms with Gasteiger partial charge >= 0.3 is 5.97 Å². The fourth-order valence-electron chi connectivity index (χ4n) is 4.99.